The molecule has 0 saturated carbocycles. The molecule has 5 nitrogen and oxygen atoms in total. The van der Waals surface area contributed by atoms with Crippen LogP contribution in [0.5, 0.6) is 0 Å². The Balaban J connectivity index is 1.65. The number of benzene rings is 1. The maximum Gasteiger partial charge on any atom is 0.291 e. The lowest BCUT2D eigenvalue weighted by Crippen LogP contribution is -2.49. The molecule has 0 radical (unpaired) electrons. The lowest BCUT2D eigenvalue weighted by Gasteiger charge is -2.35. The van der Waals surface area contributed by atoms with E-state index in [0.29, 0.717) is 31.9 Å². The lowest BCUT2D eigenvalue weighted by molar-refractivity contribution is 0.0714. The van der Waals surface area contributed by atoms with Crippen molar-refractivity contribution in [2.24, 2.45) is 0 Å². The maximum absolute atomic E-state index is 13.7. The number of hydrogen-bond donors (Lipinski definition) is 0. The van der Waals surface area contributed by atoms with E-state index in [4.69, 9.17) is 4.42 Å². The summed E-state index contributed by atoms with van der Waals surface area (Å²) in [7, 11) is 0. The minimum absolute atomic E-state index is 0.171. The average molecular weight is 275 g/mol. The van der Waals surface area contributed by atoms with E-state index in [1.165, 1.54) is 18.7 Å². The van der Waals surface area contributed by atoms with Crippen molar-refractivity contribution in [3.8, 4) is 0 Å². The molecule has 0 bridgehead atoms. The van der Waals surface area contributed by atoms with Crippen LogP contribution in [0, 0.1) is 5.82 Å². The van der Waals surface area contributed by atoms with Crippen LogP contribution in [0.15, 0.2) is 41.3 Å². The van der Waals surface area contributed by atoms with Gasteiger partial charge >= 0.3 is 0 Å². The largest absolute Gasteiger partial charge is 0.438 e. The number of halogens is 1. The van der Waals surface area contributed by atoms with Gasteiger partial charge < -0.3 is 14.2 Å². The number of carbonyl (C=O) groups excluding carboxylic acids is 1. The molecule has 0 atom stereocenters. The lowest BCUT2D eigenvalue weighted by atomic mass is 10.2. The fourth-order valence-electron chi connectivity index (χ4n) is 2.34. The monoisotopic (exact) mass is 275 g/mol. The van der Waals surface area contributed by atoms with Crippen molar-refractivity contribution in [1.82, 2.24) is 9.88 Å². The van der Waals surface area contributed by atoms with Gasteiger partial charge in [0.15, 0.2) is 6.39 Å². The minimum atomic E-state index is -0.234. The summed E-state index contributed by atoms with van der Waals surface area (Å²) in [6, 6.07) is 6.68. The fourth-order valence-corrected chi connectivity index (χ4v) is 2.34. The van der Waals surface area contributed by atoms with Crippen molar-refractivity contribution in [2.45, 2.75) is 0 Å². The second-order valence-corrected chi connectivity index (χ2v) is 4.60. The van der Waals surface area contributed by atoms with Gasteiger partial charge in [-0.25, -0.2) is 9.37 Å². The standard InChI is InChI=1S/C14H14FN3O2/c15-11-3-1-2-4-12(11)17-5-7-18(8-6-17)14(19)13-9-16-10-20-13/h1-4,9-10H,5-8H2. The molecule has 0 unspecified atom stereocenters. The Morgan fingerprint density at radius 2 is 1.95 bits per heavy atom. The summed E-state index contributed by atoms with van der Waals surface area (Å²) in [5, 5.41) is 0. The zero-order chi connectivity index (χ0) is 13.9. The van der Waals surface area contributed by atoms with Gasteiger partial charge in [0.2, 0.25) is 5.76 Å². The Morgan fingerprint density at radius 3 is 2.60 bits per heavy atom. The van der Waals surface area contributed by atoms with Gasteiger partial charge in [-0.3, -0.25) is 4.79 Å². The molecule has 20 heavy (non-hydrogen) atoms. The summed E-state index contributed by atoms with van der Waals surface area (Å²) in [5.41, 5.74) is 0.583. The van der Waals surface area contributed by atoms with Gasteiger partial charge in [0.25, 0.3) is 5.91 Å². The number of para-hydroxylation sites is 1. The smallest absolute Gasteiger partial charge is 0.291 e. The number of amides is 1. The van der Waals surface area contributed by atoms with Gasteiger partial charge in [-0.15, -0.1) is 0 Å². The van der Waals surface area contributed by atoms with Gasteiger partial charge in [-0.2, -0.15) is 0 Å². The fraction of sp³-hybridized carbons (Fsp3) is 0.286. The summed E-state index contributed by atoms with van der Waals surface area (Å²) in [4.78, 5) is 19.4. The van der Waals surface area contributed by atoms with Crippen molar-refractivity contribution in [1.29, 1.82) is 0 Å². The molecule has 104 valence electrons. The van der Waals surface area contributed by atoms with E-state index in [1.54, 1.807) is 17.0 Å². The highest BCUT2D eigenvalue weighted by Crippen LogP contribution is 2.20. The molecule has 1 saturated heterocycles. The van der Waals surface area contributed by atoms with E-state index in [2.05, 4.69) is 4.98 Å². The van der Waals surface area contributed by atoms with Crippen LogP contribution in [0.3, 0.4) is 0 Å². The molecule has 1 amide bonds. The number of carbonyl (C=O) groups is 1. The van der Waals surface area contributed by atoms with E-state index in [-0.39, 0.29) is 17.5 Å². The number of rotatable bonds is 2. The highest BCUT2D eigenvalue weighted by atomic mass is 19.1. The average Bonchev–Trinajstić information content (AvgIpc) is 3.01. The highest BCUT2D eigenvalue weighted by Gasteiger charge is 2.24. The van der Waals surface area contributed by atoms with Gasteiger partial charge in [-0.05, 0) is 12.1 Å². The topological polar surface area (TPSA) is 49.6 Å². The molecule has 1 aliphatic heterocycles. The Morgan fingerprint density at radius 1 is 1.20 bits per heavy atom. The van der Waals surface area contributed by atoms with Crippen molar-refractivity contribution in [3.05, 3.63) is 48.4 Å². The predicted molar refractivity (Wildman–Crippen MR) is 71.0 cm³/mol. The number of nitrogens with zero attached hydrogens (tertiary/aromatic N) is 3. The molecule has 3 rings (SSSR count). The SMILES string of the molecule is O=C(c1cnco1)N1CCN(c2ccccc2F)CC1. The van der Waals surface area contributed by atoms with Crippen LogP contribution in [0.1, 0.15) is 10.6 Å². The van der Waals surface area contributed by atoms with Gasteiger partial charge in [0.05, 0.1) is 11.9 Å². The quantitative estimate of drug-likeness (QED) is 0.838. The maximum atomic E-state index is 13.7. The van der Waals surface area contributed by atoms with E-state index in [0.717, 1.165) is 0 Å². The van der Waals surface area contributed by atoms with E-state index in [1.807, 2.05) is 11.0 Å². The zero-order valence-corrected chi connectivity index (χ0v) is 10.8. The Labute approximate surface area is 115 Å². The van der Waals surface area contributed by atoms with Crippen LogP contribution in [0.25, 0.3) is 0 Å². The second kappa shape index (κ2) is 5.32. The first-order valence-corrected chi connectivity index (χ1v) is 6.43. The van der Waals surface area contributed by atoms with Crippen molar-refractivity contribution in [3.63, 3.8) is 0 Å². The van der Waals surface area contributed by atoms with E-state index < -0.39 is 0 Å². The third-order valence-corrected chi connectivity index (χ3v) is 3.40. The van der Waals surface area contributed by atoms with Crippen LogP contribution in [0.2, 0.25) is 0 Å². The molecule has 2 heterocycles. The van der Waals surface area contributed by atoms with Crippen molar-refractivity contribution >= 4 is 11.6 Å². The van der Waals surface area contributed by atoms with Gasteiger partial charge in [0, 0.05) is 26.2 Å². The predicted octanol–water partition coefficient (Wildman–Crippen LogP) is 1.78. The van der Waals surface area contributed by atoms with Crippen molar-refractivity contribution in [2.75, 3.05) is 31.1 Å². The third-order valence-electron chi connectivity index (χ3n) is 3.40. The summed E-state index contributed by atoms with van der Waals surface area (Å²) < 4.78 is 18.7. The Bertz CT molecular complexity index is 592. The molecule has 2 aromatic rings. The number of anilines is 1. The van der Waals surface area contributed by atoms with E-state index >= 15 is 0 Å². The summed E-state index contributed by atoms with van der Waals surface area (Å²) in [6.07, 6.45) is 2.65. The van der Waals surface area contributed by atoms with E-state index in [9.17, 15) is 9.18 Å². The molecule has 0 spiro atoms. The summed E-state index contributed by atoms with van der Waals surface area (Å²) in [6.45, 7) is 2.27. The molecule has 0 aliphatic carbocycles. The van der Waals surface area contributed by atoms with Crippen LogP contribution in [0.4, 0.5) is 10.1 Å². The van der Waals surface area contributed by atoms with Gasteiger partial charge in [-0.1, -0.05) is 12.1 Å². The third kappa shape index (κ3) is 2.36. The molecular formula is C14H14FN3O2. The molecular weight excluding hydrogens is 261 g/mol. The van der Waals surface area contributed by atoms with Crippen LogP contribution < -0.4 is 4.90 Å². The first-order valence-electron chi connectivity index (χ1n) is 6.43. The zero-order valence-electron chi connectivity index (χ0n) is 10.8. The number of piperazine rings is 1. The number of aromatic nitrogens is 1. The molecule has 6 heteroatoms. The molecule has 1 aromatic heterocycles. The Kier molecular flexibility index (Phi) is 3.37. The molecule has 0 N–H and O–H groups in total. The number of hydrogen-bond acceptors (Lipinski definition) is 4. The highest BCUT2D eigenvalue weighted by molar-refractivity contribution is 5.91. The first-order chi connectivity index (χ1) is 9.75. The van der Waals surface area contributed by atoms with Crippen LogP contribution in [-0.2, 0) is 0 Å². The van der Waals surface area contributed by atoms with Gasteiger partial charge in [0.1, 0.15) is 5.82 Å². The summed E-state index contributed by atoms with van der Waals surface area (Å²) in [5.74, 6) is -0.164. The minimum Gasteiger partial charge on any atom is -0.438 e. The first kappa shape index (κ1) is 12.7. The van der Waals surface area contributed by atoms with Crippen molar-refractivity contribution < 1.29 is 13.6 Å². The van der Waals surface area contributed by atoms with Crippen LogP contribution in [-0.4, -0.2) is 42.0 Å². The normalized spacial score (nSPS) is 15.4. The number of oxazole rings is 1. The van der Waals surface area contributed by atoms with Crippen LogP contribution >= 0.6 is 0 Å². The summed E-state index contributed by atoms with van der Waals surface area (Å²) >= 11 is 0. The molecule has 1 fully saturated rings. The Hall–Kier alpha value is -2.37. The second-order valence-electron chi connectivity index (χ2n) is 4.60. The molecule has 1 aliphatic rings. The molecule has 1 aromatic carbocycles.